The van der Waals surface area contributed by atoms with Crippen molar-refractivity contribution in [1.29, 1.82) is 0 Å². The molecule has 1 aromatic carbocycles. The molecule has 0 bridgehead atoms. The molecule has 5 nitrogen and oxygen atoms in total. The quantitative estimate of drug-likeness (QED) is 0.729. The molecule has 0 saturated heterocycles. The number of rotatable bonds is 7. The molecule has 0 aliphatic heterocycles. The van der Waals surface area contributed by atoms with Crippen molar-refractivity contribution < 1.29 is 14.3 Å². The van der Waals surface area contributed by atoms with Crippen molar-refractivity contribution >= 4 is 5.91 Å². The lowest BCUT2D eigenvalue weighted by molar-refractivity contribution is 0.0822. The highest BCUT2D eigenvalue weighted by molar-refractivity contribution is 5.92. The Morgan fingerprint density at radius 3 is 2.54 bits per heavy atom. The van der Waals surface area contributed by atoms with Crippen LogP contribution in [0.5, 0.6) is 0 Å². The standard InChI is InChI=1S/C18H24FN3O2/c1-12(10-17(23)13-4-6-14(19)7-5-13)20-11-15-8-9-16(21-15)18(24)22(2)3/h4-9,12,17,20-21,23H,10-11H2,1-3H3. The molecule has 24 heavy (non-hydrogen) atoms. The zero-order valence-corrected chi connectivity index (χ0v) is 14.2. The van der Waals surface area contributed by atoms with Crippen LogP contribution in [0.4, 0.5) is 4.39 Å². The Morgan fingerprint density at radius 1 is 1.25 bits per heavy atom. The zero-order chi connectivity index (χ0) is 17.7. The number of aliphatic hydroxyl groups is 1. The van der Waals surface area contributed by atoms with Crippen LogP contribution in [0.1, 0.15) is 41.2 Å². The summed E-state index contributed by atoms with van der Waals surface area (Å²) in [5.74, 6) is -0.382. The fourth-order valence-electron chi connectivity index (χ4n) is 2.43. The van der Waals surface area contributed by atoms with Gasteiger partial charge in [0.2, 0.25) is 0 Å². The molecule has 0 spiro atoms. The van der Waals surface area contributed by atoms with Gasteiger partial charge in [-0.25, -0.2) is 4.39 Å². The maximum atomic E-state index is 12.9. The Morgan fingerprint density at radius 2 is 1.92 bits per heavy atom. The predicted octanol–water partition coefficient (Wildman–Crippen LogP) is 2.46. The number of carbonyl (C=O) groups excluding carboxylic acids is 1. The molecule has 130 valence electrons. The molecular weight excluding hydrogens is 309 g/mol. The fraction of sp³-hybridized carbons (Fsp3) is 0.389. The molecule has 1 aromatic heterocycles. The Hall–Kier alpha value is -2.18. The van der Waals surface area contributed by atoms with E-state index < -0.39 is 6.10 Å². The Bertz CT molecular complexity index is 667. The number of carbonyl (C=O) groups is 1. The van der Waals surface area contributed by atoms with E-state index in [2.05, 4.69) is 10.3 Å². The minimum atomic E-state index is -0.650. The lowest BCUT2D eigenvalue weighted by Crippen LogP contribution is -2.27. The van der Waals surface area contributed by atoms with Gasteiger partial charge in [-0.2, -0.15) is 0 Å². The third-order valence-electron chi connectivity index (χ3n) is 3.86. The number of aliphatic hydroxyl groups excluding tert-OH is 1. The van der Waals surface area contributed by atoms with Crippen molar-refractivity contribution in [2.24, 2.45) is 0 Å². The number of aromatic amines is 1. The molecule has 2 rings (SSSR count). The Balaban J connectivity index is 1.83. The number of H-pyrrole nitrogens is 1. The molecule has 0 fully saturated rings. The molecular formula is C18H24FN3O2. The first-order valence-corrected chi connectivity index (χ1v) is 7.93. The molecule has 3 N–H and O–H groups in total. The lowest BCUT2D eigenvalue weighted by Gasteiger charge is -2.18. The van der Waals surface area contributed by atoms with E-state index in [-0.39, 0.29) is 17.8 Å². The SMILES string of the molecule is CC(CC(O)c1ccc(F)cc1)NCc1ccc(C(=O)N(C)C)[nH]1. The van der Waals surface area contributed by atoms with Crippen molar-refractivity contribution in [1.82, 2.24) is 15.2 Å². The summed E-state index contributed by atoms with van der Waals surface area (Å²) < 4.78 is 12.9. The van der Waals surface area contributed by atoms with Gasteiger partial charge in [-0.1, -0.05) is 12.1 Å². The first-order valence-electron chi connectivity index (χ1n) is 7.93. The maximum absolute atomic E-state index is 12.9. The fourth-order valence-corrected chi connectivity index (χ4v) is 2.43. The lowest BCUT2D eigenvalue weighted by atomic mass is 10.0. The van der Waals surface area contributed by atoms with Crippen LogP contribution in [-0.2, 0) is 6.54 Å². The number of nitrogens with one attached hydrogen (secondary N) is 2. The van der Waals surface area contributed by atoms with E-state index in [1.807, 2.05) is 13.0 Å². The summed E-state index contributed by atoms with van der Waals surface area (Å²) in [7, 11) is 3.42. The molecule has 0 saturated carbocycles. The van der Waals surface area contributed by atoms with E-state index in [1.165, 1.54) is 17.0 Å². The van der Waals surface area contributed by atoms with Crippen molar-refractivity contribution in [3.63, 3.8) is 0 Å². The monoisotopic (exact) mass is 333 g/mol. The highest BCUT2D eigenvalue weighted by atomic mass is 19.1. The van der Waals surface area contributed by atoms with E-state index in [0.29, 0.717) is 24.2 Å². The average Bonchev–Trinajstić information content (AvgIpc) is 3.01. The van der Waals surface area contributed by atoms with Gasteiger partial charge in [0, 0.05) is 32.4 Å². The van der Waals surface area contributed by atoms with E-state index in [4.69, 9.17) is 0 Å². The second-order valence-corrected chi connectivity index (χ2v) is 6.18. The minimum Gasteiger partial charge on any atom is -0.388 e. The van der Waals surface area contributed by atoms with Crippen molar-refractivity contribution in [2.45, 2.75) is 32.0 Å². The summed E-state index contributed by atoms with van der Waals surface area (Å²) in [4.78, 5) is 16.4. The van der Waals surface area contributed by atoms with Gasteiger partial charge in [0.1, 0.15) is 11.5 Å². The van der Waals surface area contributed by atoms with E-state index in [0.717, 1.165) is 5.69 Å². The summed E-state index contributed by atoms with van der Waals surface area (Å²) in [6, 6.07) is 9.57. The number of benzene rings is 1. The van der Waals surface area contributed by atoms with Crippen LogP contribution in [0.25, 0.3) is 0 Å². The number of amides is 1. The van der Waals surface area contributed by atoms with E-state index in [1.54, 1.807) is 32.3 Å². The molecule has 2 aromatic rings. The van der Waals surface area contributed by atoms with Crippen LogP contribution in [-0.4, -0.2) is 41.0 Å². The molecule has 6 heteroatoms. The largest absolute Gasteiger partial charge is 0.388 e. The number of nitrogens with zero attached hydrogens (tertiary/aromatic N) is 1. The molecule has 0 aliphatic rings. The smallest absolute Gasteiger partial charge is 0.269 e. The summed E-state index contributed by atoms with van der Waals surface area (Å²) in [6.45, 7) is 2.54. The van der Waals surface area contributed by atoms with Gasteiger partial charge in [-0.15, -0.1) is 0 Å². The third kappa shape index (κ3) is 4.91. The zero-order valence-electron chi connectivity index (χ0n) is 14.2. The van der Waals surface area contributed by atoms with E-state index in [9.17, 15) is 14.3 Å². The predicted molar refractivity (Wildman–Crippen MR) is 91.1 cm³/mol. The van der Waals surface area contributed by atoms with Crippen LogP contribution in [0.2, 0.25) is 0 Å². The highest BCUT2D eigenvalue weighted by Gasteiger charge is 2.14. The van der Waals surface area contributed by atoms with Gasteiger partial charge >= 0.3 is 0 Å². The normalized spacial score (nSPS) is 13.5. The van der Waals surface area contributed by atoms with Crippen LogP contribution < -0.4 is 5.32 Å². The molecule has 2 unspecified atom stereocenters. The second kappa shape index (κ2) is 8.08. The minimum absolute atomic E-state index is 0.0568. The third-order valence-corrected chi connectivity index (χ3v) is 3.86. The van der Waals surface area contributed by atoms with Gasteiger partial charge in [0.25, 0.3) is 5.91 Å². The van der Waals surface area contributed by atoms with Crippen LogP contribution in [0.15, 0.2) is 36.4 Å². The number of aromatic nitrogens is 1. The summed E-state index contributed by atoms with van der Waals surface area (Å²) in [6.07, 6.45) is -0.141. The first-order chi connectivity index (χ1) is 11.4. The van der Waals surface area contributed by atoms with Crippen molar-refractivity contribution in [3.05, 3.63) is 59.2 Å². The number of hydrogen-bond acceptors (Lipinski definition) is 3. The molecule has 0 aliphatic carbocycles. The highest BCUT2D eigenvalue weighted by Crippen LogP contribution is 2.18. The molecule has 0 radical (unpaired) electrons. The summed E-state index contributed by atoms with van der Waals surface area (Å²) in [5, 5.41) is 13.5. The Kier molecular flexibility index (Phi) is 6.11. The van der Waals surface area contributed by atoms with Crippen LogP contribution in [0, 0.1) is 5.82 Å². The number of halogens is 1. The van der Waals surface area contributed by atoms with Crippen LogP contribution in [0.3, 0.4) is 0 Å². The summed E-state index contributed by atoms with van der Waals surface area (Å²) in [5.41, 5.74) is 2.16. The van der Waals surface area contributed by atoms with Gasteiger partial charge in [0.15, 0.2) is 0 Å². The Labute approximate surface area is 141 Å². The van der Waals surface area contributed by atoms with Gasteiger partial charge in [0.05, 0.1) is 6.10 Å². The van der Waals surface area contributed by atoms with Gasteiger partial charge in [-0.3, -0.25) is 4.79 Å². The number of hydrogen-bond donors (Lipinski definition) is 3. The van der Waals surface area contributed by atoms with Gasteiger partial charge < -0.3 is 20.3 Å². The summed E-state index contributed by atoms with van der Waals surface area (Å²) >= 11 is 0. The first kappa shape index (κ1) is 18.2. The van der Waals surface area contributed by atoms with Crippen LogP contribution >= 0.6 is 0 Å². The maximum Gasteiger partial charge on any atom is 0.269 e. The van der Waals surface area contributed by atoms with Gasteiger partial charge in [-0.05, 0) is 43.2 Å². The molecule has 1 amide bonds. The van der Waals surface area contributed by atoms with Crippen molar-refractivity contribution in [2.75, 3.05) is 14.1 Å². The molecule has 2 atom stereocenters. The average molecular weight is 333 g/mol. The topological polar surface area (TPSA) is 68.4 Å². The second-order valence-electron chi connectivity index (χ2n) is 6.18. The molecule has 1 heterocycles. The van der Waals surface area contributed by atoms with E-state index >= 15 is 0 Å². The van der Waals surface area contributed by atoms with Crippen molar-refractivity contribution in [3.8, 4) is 0 Å².